The molecule has 0 fully saturated rings. The molecule has 4 nitrogen and oxygen atoms in total. The zero-order chi connectivity index (χ0) is 21.8. The van der Waals surface area contributed by atoms with Gasteiger partial charge in [-0.15, -0.1) is 0 Å². The number of aromatic nitrogens is 4. The lowest BCUT2D eigenvalue weighted by Gasteiger charge is -2.07. The molecule has 0 aliphatic carbocycles. The molecule has 32 heavy (non-hydrogen) atoms. The fourth-order valence-electron chi connectivity index (χ4n) is 4.40. The maximum atomic E-state index is 4.69. The molecule has 0 saturated heterocycles. The van der Waals surface area contributed by atoms with Gasteiger partial charge in [-0.3, -0.25) is 0 Å². The second-order valence-corrected chi connectivity index (χ2v) is 8.84. The molecule has 2 N–H and O–H groups in total. The number of H-pyrrole nitrogens is 2. The summed E-state index contributed by atoms with van der Waals surface area (Å²) in [6.45, 7) is 6.30. The lowest BCUT2D eigenvalue weighted by Crippen LogP contribution is -1.88. The van der Waals surface area contributed by atoms with E-state index in [9.17, 15) is 0 Å². The average molecular weight is 417 g/mol. The maximum Gasteiger partial charge on any atom is 0.109 e. The maximum absolute atomic E-state index is 4.69. The number of benzene rings is 4. The van der Waals surface area contributed by atoms with E-state index < -0.39 is 0 Å². The minimum atomic E-state index is 0.388. The van der Waals surface area contributed by atoms with Gasteiger partial charge in [0.1, 0.15) is 11.6 Å². The van der Waals surface area contributed by atoms with Crippen molar-refractivity contribution in [3.63, 3.8) is 0 Å². The summed E-state index contributed by atoms with van der Waals surface area (Å²) >= 11 is 0. The van der Waals surface area contributed by atoms with Gasteiger partial charge in [-0.2, -0.15) is 0 Å². The fraction of sp³-hybridized carbons (Fsp3) is 0.143. The minimum absolute atomic E-state index is 0.388. The van der Waals surface area contributed by atoms with Gasteiger partial charge in [0.25, 0.3) is 0 Å². The molecule has 6 rings (SSSR count). The molecular weight excluding hydrogens is 392 g/mol. The Hall–Kier alpha value is -3.92. The summed E-state index contributed by atoms with van der Waals surface area (Å²) < 4.78 is 0. The quantitative estimate of drug-likeness (QED) is 0.317. The van der Waals surface area contributed by atoms with Crippen LogP contribution in [0, 0.1) is 6.92 Å². The monoisotopic (exact) mass is 416 g/mol. The molecule has 0 spiro atoms. The number of hydrogen-bond donors (Lipinski definition) is 2. The van der Waals surface area contributed by atoms with E-state index in [1.54, 1.807) is 0 Å². The molecule has 0 aliphatic heterocycles. The van der Waals surface area contributed by atoms with Crippen LogP contribution in [0.5, 0.6) is 0 Å². The molecule has 156 valence electrons. The number of rotatable bonds is 3. The summed E-state index contributed by atoms with van der Waals surface area (Å²) in [6.07, 6.45) is 0. The Morgan fingerprint density at radius 3 is 1.69 bits per heavy atom. The smallest absolute Gasteiger partial charge is 0.109 e. The van der Waals surface area contributed by atoms with Crippen LogP contribution in [0.2, 0.25) is 0 Å². The van der Waals surface area contributed by atoms with Crippen LogP contribution in [0.4, 0.5) is 0 Å². The second kappa shape index (κ2) is 7.06. The van der Waals surface area contributed by atoms with Crippen molar-refractivity contribution < 1.29 is 0 Å². The topological polar surface area (TPSA) is 57.4 Å². The highest BCUT2D eigenvalue weighted by Gasteiger charge is 2.09. The molecular formula is C28H24N4. The number of imidazole rings is 2. The van der Waals surface area contributed by atoms with Crippen molar-refractivity contribution >= 4 is 32.8 Å². The van der Waals surface area contributed by atoms with Crippen LogP contribution in [0.25, 0.3) is 55.1 Å². The van der Waals surface area contributed by atoms with E-state index in [0.29, 0.717) is 5.92 Å². The number of aromatic amines is 2. The fourth-order valence-corrected chi connectivity index (χ4v) is 4.40. The van der Waals surface area contributed by atoms with Crippen molar-refractivity contribution in [1.82, 2.24) is 19.9 Å². The summed E-state index contributed by atoms with van der Waals surface area (Å²) in [5, 5.41) is 2.47. The van der Waals surface area contributed by atoms with E-state index in [-0.39, 0.29) is 0 Å². The van der Waals surface area contributed by atoms with Gasteiger partial charge in [0.15, 0.2) is 0 Å². The van der Waals surface area contributed by atoms with Crippen molar-refractivity contribution in [3.8, 4) is 22.3 Å². The predicted octanol–water partition coefficient (Wildman–Crippen LogP) is 7.36. The Kier molecular flexibility index (Phi) is 4.15. The van der Waals surface area contributed by atoms with Gasteiger partial charge in [0.2, 0.25) is 0 Å². The molecule has 0 aliphatic rings. The van der Waals surface area contributed by atoms with E-state index in [1.165, 1.54) is 33.0 Å². The van der Waals surface area contributed by atoms with Crippen LogP contribution < -0.4 is 0 Å². The van der Waals surface area contributed by atoms with E-state index in [4.69, 9.17) is 4.98 Å². The number of aryl methyl sites for hydroxylation is 1. The van der Waals surface area contributed by atoms with Crippen molar-refractivity contribution in [3.05, 3.63) is 84.4 Å². The molecule has 2 aromatic heterocycles. The van der Waals surface area contributed by atoms with Gasteiger partial charge >= 0.3 is 0 Å². The standard InChI is InChI=1S/C28H24N4/c1-16(2)28-31-25-11-9-23(15-27(25)32-28)21-7-5-18-12-20(6-4-19(18)13-21)22-8-10-24-26(14-22)30-17(3)29-24/h4-16H,1-3H3,(H,29,30)(H,31,32). The van der Waals surface area contributed by atoms with Crippen LogP contribution in [0.1, 0.15) is 31.4 Å². The third kappa shape index (κ3) is 3.16. The predicted molar refractivity (Wildman–Crippen MR) is 133 cm³/mol. The van der Waals surface area contributed by atoms with Crippen LogP contribution in [-0.2, 0) is 0 Å². The average Bonchev–Trinajstić information content (AvgIpc) is 3.39. The number of hydrogen-bond acceptors (Lipinski definition) is 2. The van der Waals surface area contributed by atoms with Gasteiger partial charge < -0.3 is 9.97 Å². The molecule has 0 atom stereocenters. The van der Waals surface area contributed by atoms with Crippen molar-refractivity contribution in [2.75, 3.05) is 0 Å². The highest BCUT2D eigenvalue weighted by atomic mass is 14.9. The van der Waals surface area contributed by atoms with Crippen LogP contribution in [0.15, 0.2) is 72.8 Å². The van der Waals surface area contributed by atoms with E-state index in [0.717, 1.165) is 33.7 Å². The first-order chi connectivity index (χ1) is 15.5. The molecule has 0 amide bonds. The lowest BCUT2D eigenvalue weighted by atomic mass is 9.97. The van der Waals surface area contributed by atoms with Crippen molar-refractivity contribution in [2.24, 2.45) is 0 Å². The summed E-state index contributed by atoms with van der Waals surface area (Å²) in [6, 6.07) is 26.2. The Balaban J connectivity index is 1.38. The second-order valence-electron chi connectivity index (χ2n) is 8.84. The van der Waals surface area contributed by atoms with Crippen molar-refractivity contribution in [1.29, 1.82) is 0 Å². The van der Waals surface area contributed by atoms with Crippen molar-refractivity contribution in [2.45, 2.75) is 26.7 Å². The minimum Gasteiger partial charge on any atom is -0.342 e. The molecule has 0 unspecified atom stereocenters. The van der Waals surface area contributed by atoms with Crippen LogP contribution in [-0.4, -0.2) is 19.9 Å². The molecule has 0 radical (unpaired) electrons. The summed E-state index contributed by atoms with van der Waals surface area (Å²) in [7, 11) is 0. The zero-order valence-corrected chi connectivity index (χ0v) is 18.4. The Labute approximate surface area is 186 Å². The van der Waals surface area contributed by atoms with Gasteiger partial charge in [0, 0.05) is 5.92 Å². The molecule has 0 saturated carbocycles. The molecule has 0 bridgehead atoms. The van der Waals surface area contributed by atoms with E-state index >= 15 is 0 Å². The SMILES string of the molecule is Cc1nc2ccc(-c3ccc4cc(-c5ccc6nc(C(C)C)[nH]c6c5)ccc4c3)cc2[nH]1. The number of nitrogens with one attached hydrogen (secondary N) is 2. The van der Waals surface area contributed by atoms with Crippen LogP contribution >= 0.6 is 0 Å². The largest absolute Gasteiger partial charge is 0.342 e. The first-order valence-corrected chi connectivity index (χ1v) is 11.0. The summed E-state index contributed by atoms with van der Waals surface area (Å²) in [5.41, 5.74) is 9.00. The van der Waals surface area contributed by atoms with Gasteiger partial charge in [-0.1, -0.05) is 50.2 Å². The van der Waals surface area contributed by atoms with Crippen LogP contribution in [0.3, 0.4) is 0 Å². The van der Waals surface area contributed by atoms with Gasteiger partial charge in [-0.25, -0.2) is 9.97 Å². The molecule has 4 heteroatoms. The summed E-state index contributed by atoms with van der Waals surface area (Å²) in [5.74, 6) is 2.36. The normalized spacial score (nSPS) is 11.9. The van der Waals surface area contributed by atoms with Gasteiger partial charge in [0.05, 0.1) is 22.1 Å². The number of fused-ring (bicyclic) bond motifs is 3. The number of nitrogens with zero attached hydrogens (tertiary/aromatic N) is 2. The summed E-state index contributed by atoms with van der Waals surface area (Å²) in [4.78, 5) is 16.0. The molecule has 6 aromatic rings. The highest BCUT2D eigenvalue weighted by Crippen LogP contribution is 2.31. The Bertz CT molecular complexity index is 1620. The highest BCUT2D eigenvalue weighted by molar-refractivity contribution is 5.93. The third-order valence-corrected chi connectivity index (χ3v) is 6.15. The van der Waals surface area contributed by atoms with E-state index in [2.05, 4.69) is 102 Å². The van der Waals surface area contributed by atoms with Gasteiger partial charge in [-0.05, 0) is 76.3 Å². The third-order valence-electron chi connectivity index (χ3n) is 6.15. The molecule has 2 heterocycles. The first-order valence-electron chi connectivity index (χ1n) is 11.0. The zero-order valence-electron chi connectivity index (χ0n) is 18.4. The Morgan fingerprint density at radius 2 is 1.09 bits per heavy atom. The lowest BCUT2D eigenvalue weighted by molar-refractivity contribution is 0.799. The Morgan fingerprint density at radius 1 is 0.594 bits per heavy atom. The van der Waals surface area contributed by atoms with E-state index in [1.807, 2.05) is 6.92 Å². The first kappa shape index (κ1) is 18.8. The molecule has 4 aromatic carbocycles.